The molecule has 0 aliphatic rings. The van der Waals surface area contributed by atoms with E-state index in [0.29, 0.717) is 5.56 Å². The summed E-state index contributed by atoms with van der Waals surface area (Å²) in [5.74, 6) is -3.34. The summed E-state index contributed by atoms with van der Waals surface area (Å²) >= 11 is 0. The highest BCUT2D eigenvalue weighted by molar-refractivity contribution is 6.07. The van der Waals surface area contributed by atoms with E-state index in [4.69, 9.17) is 10.8 Å². The average molecular weight is 283 g/mol. The first-order valence-electron chi connectivity index (χ1n) is 5.73. The molecule has 0 saturated heterocycles. The van der Waals surface area contributed by atoms with Crippen LogP contribution >= 0.6 is 0 Å². The molecular formula is C14H9N3O4. The second-order valence-corrected chi connectivity index (χ2v) is 4.06. The Labute approximate surface area is 118 Å². The zero-order valence-electron chi connectivity index (χ0n) is 10.6. The molecule has 0 bridgehead atoms. The minimum absolute atomic E-state index is 0.0458. The van der Waals surface area contributed by atoms with Crippen molar-refractivity contribution in [3.05, 3.63) is 47.2 Å². The highest BCUT2D eigenvalue weighted by atomic mass is 16.4. The number of carboxylic acids is 2. The number of nitriles is 1. The summed E-state index contributed by atoms with van der Waals surface area (Å²) in [6, 6.07) is 9.89. The number of aromatic carboxylic acids is 2. The van der Waals surface area contributed by atoms with Crippen LogP contribution in [0.2, 0.25) is 0 Å². The van der Waals surface area contributed by atoms with E-state index >= 15 is 0 Å². The van der Waals surface area contributed by atoms with Crippen LogP contribution in [0.4, 0.5) is 5.82 Å². The maximum atomic E-state index is 11.4. The summed E-state index contributed by atoms with van der Waals surface area (Å²) in [4.78, 5) is 26.2. The quantitative estimate of drug-likeness (QED) is 0.777. The second kappa shape index (κ2) is 5.30. The van der Waals surface area contributed by atoms with Crippen molar-refractivity contribution in [3.8, 4) is 17.2 Å². The van der Waals surface area contributed by atoms with Crippen LogP contribution in [0.3, 0.4) is 0 Å². The SMILES string of the molecule is N#Cc1c(N)nc(C(=O)O)c(C(=O)O)c1-c1ccccc1. The molecule has 104 valence electrons. The van der Waals surface area contributed by atoms with Crippen molar-refractivity contribution >= 4 is 17.8 Å². The number of nitrogen functional groups attached to an aromatic ring is 1. The lowest BCUT2D eigenvalue weighted by Crippen LogP contribution is -2.16. The summed E-state index contributed by atoms with van der Waals surface area (Å²) in [5, 5.41) is 27.6. The number of nitrogens with zero attached hydrogens (tertiary/aromatic N) is 2. The topological polar surface area (TPSA) is 137 Å². The van der Waals surface area contributed by atoms with Gasteiger partial charge in [0.25, 0.3) is 0 Å². The first-order valence-corrected chi connectivity index (χ1v) is 5.73. The predicted molar refractivity (Wildman–Crippen MR) is 72.7 cm³/mol. The van der Waals surface area contributed by atoms with Gasteiger partial charge in [0.05, 0.1) is 0 Å². The van der Waals surface area contributed by atoms with Crippen LogP contribution < -0.4 is 5.73 Å². The Morgan fingerprint density at radius 1 is 1.14 bits per heavy atom. The number of hydrogen-bond donors (Lipinski definition) is 3. The number of rotatable bonds is 3. The Bertz CT molecular complexity index is 779. The molecule has 0 aliphatic heterocycles. The summed E-state index contributed by atoms with van der Waals surface area (Å²) in [5.41, 5.74) is 4.50. The molecule has 0 radical (unpaired) electrons. The van der Waals surface area contributed by atoms with Gasteiger partial charge in [-0.15, -0.1) is 0 Å². The lowest BCUT2D eigenvalue weighted by atomic mass is 9.94. The molecule has 21 heavy (non-hydrogen) atoms. The molecule has 0 spiro atoms. The number of anilines is 1. The Balaban J connectivity index is 2.98. The molecule has 2 rings (SSSR count). The van der Waals surface area contributed by atoms with Crippen molar-refractivity contribution in [2.75, 3.05) is 5.73 Å². The molecule has 2 aromatic rings. The zero-order valence-corrected chi connectivity index (χ0v) is 10.6. The monoisotopic (exact) mass is 283 g/mol. The van der Waals surface area contributed by atoms with E-state index in [0.717, 1.165) is 0 Å². The summed E-state index contributed by atoms with van der Waals surface area (Å²) in [7, 11) is 0. The highest BCUT2D eigenvalue weighted by Gasteiger charge is 2.27. The molecule has 1 aromatic heterocycles. The van der Waals surface area contributed by atoms with Gasteiger partial charge in [0, 0.05) is 5.56 Å². The van der Waals surface area contributed by atoms with E-state index < -0.39 is 23.2 Å². The largest absolute Gasteiger partial charge is 0.478 e. The summed E-state index contributed by atoms with van der Waals surface area (Å²) in [6.45, 7) is 0. The van der Waals surface area contributed by atoms with Crippen molar-refractivity contribution in [3.63, 3.8) is 0 Å². The van der Waals surface area contributed by atoms with Crippen molar-refractivity contribution in [2.24, 2.45) is 0 Å². The fourth-order valence-corrected chi connectivity index (χ4v) is 1.97. The van der Waals surface area contributed by atoms with Gasteiger partial charge in [0.1, 0.15) is 23.0 Å². The van der Waals surface area contributed by atoms with E-state index in [1.54, 1.807) is 36.4 Å². The molecule has 7 nitrogen and oxygen atoms in total. The van der Waals surface area contributed by atoms with Crippen molar-refractivity contribution in [2.45, 2.75) is 0 Å². The highest BCUT2D eigenvalue weighted by Crippen LogP contribution is 2.32. The number of nitrogens with two attached hydrogens (primary N) is 1. The third kappa shape index (κ3) is 2.37. The molecule has 0 aliphatic carbocycles. The summed E-state index contributed by atoms with van der Waals surface area (Å²) in [6.07, 6.45) is 0. The molecule has 0 amide bonds. The predicted octanol–water partition coefficient (Wildman–Crippen LogP) is 1.60. The first kappa shape index (κ1) is 14.0. The fourth-order valence-electron chi connectivity index (χ4n) is 1.97. The lowest BCUT2D eigenvalue weighted by Gasteiger charge is -2.12. The second-order valence-electron chi connectivity index (χ2n) is 4.06. The Hall–Kier alpha value is -3.40. The van der Waals surface area contributed by atoms with E-state index in [1.165, 1.54) is 0 Å². The number of aromatic nitrogens is 1. The lowest BCUT2D eigenvalue weighted by molar-refractivity contribution is 0.0647. The minimum Gasteiger partial charge on any atom is -0.478 e. The standard InChI is InChI=1S/C14H9N3O4/c15-6-8-9(7-4-2-1-3-5-7)10(13(18)19)11(14(20)21)17-12(8)16/h1-5H,(H2,16,17)(H,18,19)(H,20,21). The molecular weight excluding hydrogens is 274 g/mol. The van der Waals surface area contributed by atoms with Gasteiger partial charge in [0.15, 0.2) is 5.69 Å². The smallest absolute Gasteiger partial charge is 0.355 e. The molecule has 1 aromatic carbocycles. The minimum atomic E-state index is -1.53. The molecule has 7 heteroatoms. The van der Waals surface area contributed by atoms with Gasteiger partial charge in [-0.1, -0.05) is 30.3 Å². The van der Waals surface area contributed by atoms with E-state index in [-0.39, 0.29) is 16.9 Å². The number of carboxylic acid groups (broad SMARTS) is 2. The third-order valence-corrected chi connectivity index (χ3v) is 2.82. The van der Waals surface area contributed by atoms with Gasteiger partial charge in [-0.25, -0.2) is 14.6 Å². The van der Waals surface area contributed by atoms with E-state index in [2.05, 4.69) is 4.98 Å². The fraction of sp³-hybridized carbons (Fsp3) is 0. The van der Waals surface area contributed by atoms with E-state index in [1.807, 2.05) is 0 Å². The van der Waals surface area contributed by atoms with Crippen LogP contribution in [0.15, 0.2) is 30.3 Å². The van der Waals surface area contributed by atoms with Gasteiger partial charge < -0.3 is 15.9 Å². The van der Waals surface area contributed by atoms with Crippen LogP contribution in [0.25, 0.3) is 11.1 Å². The van der Waals surface area contributed by atoms with Gasteiger partial charge >= 0.3 is 11.9 Å². The van der Waals surface area contributed by atoms with Gasteiger partial charge in [-0.05, 0) is 5.56 Å². The van der Waals surface area contributed by atoms with Crippen LogP contribution in [0, 0.1) is 11.3 Å². The van der Waals surface area contributed by atoms with E-state index in [9.17, 15) is 20.0 Å². The number of carbonyl (C=O) groups is 2. The normalized spacial score (nSPS) is 9.86. The maximum Gasteiger partial charge on any atom is 0.355 e. The Morgan fingerprint density at radius 3 is 2.24 bits per heavy atom. The van der Waals surface area contributed by atoms with Crippen molar-refractivity contribution < 1.29 is 19.8 Å². The van der Waals surface area contributed by atoms with Crippen LogP contribution in [0.5, 0.6) is 0 Å². The Morgan fingerprint density at radius 2 is 1.76 bits per heavy atom. The molecule has 1 heterocycles. The molecule has 0 unspecified atom stereocenters. The third-order valence-electron chi connectivity index (χ3n) is 2.82. The van der Waals surface area contributed by atoms with Crippen LogP contribution in [-0.4, -0.2) is 27.1 Å². The molecule has 0 fully saturated rings. The van der Waals surface area contributed by atoms with Gasteiger partial charge in [-0.3, -0.25) is 0 Å². The van der Waals surface area contributed by atoms with Gasteiger partial charge in [0.2, 0.25) is 0 Å². The maximum absolute atomic E-state index is 11.4. The number of benzene rings is 1. The van der Waals surface area contributed by atoms with Crippen LogP contribution in [-0.2, 0) is 0 Å². The average Bonchev–Trinajstić information content (AvgIpc) is 2.46. The number of hydrogen-bond acceptors (Lipinski definition) is 5. The van der Waals surface area contributed by atoms with Crippen molar-refractivity contribution in [1.82, 2.24) is 4.98 Å². The first-order chi connectivity index (χ1) is 9.97. The zero-order chi connectivity index (χ0) is 15.6. The molecule has 4 N–H and O–H groups in total. The summed E-state index contributed by atoms with van der Waals surface area (Å²) < 4.78 is 0. The Kier molecular flexibility index (Phi) is 3.54. The number of pyridine rings is 1. The molecule has 0 saturated carbocycles. The van der Waals surface area contributed by atoms with Crippen LogP contribution in [0.1, 0.15) is 26.4 Å². The molecule has 0 atom stereocenters. The van der Waals surface area contributed by atoms with Crippen molar-refractivity contribution in [1.29, 1.82) is 5.26 Å². The van der Waals surface area contributed by atoms with Gasteiger partial charge in [-0.2, -0.15) is 5.26 Å².